The molecule has 0 fully saturated rings. The lowest BCUT2D eigenvalue weighted by atomic mass is 10.1. The van der Waals surface area contributed by atoms with E-state index in [0.29, 0.717) is 18.7 Å². The molecular formula is C26H21N4O+. The first-order chi connectivity index (χ1) is 15.3. The molecule has 0 aliphatic carbocycles. The molecule has 31 heavy (non-hydrogen) atoms. The molecule has 0 radical (unpaired) electrons. The molecule has 0 unspecified atom stereocenters. The molecule has 5 heteroatoms. The maximum absolute atomic E-state index is 12.7. The van der Waals surface area contributed by atoms with Crippen molar-refractivity contribution in [2.45, 2.75) is 13.1 Å². The fourth-order valence-electron chi connectivity index (χ4n) is 3.68. The van der Waals surface area contributed by atoms with Crippen LogP contribution < -0.4 is 9.88 Å². The number of carbonyl (C=O) groups is 1. The number of fused-ring (bicyclic) bond motifs is 3. The van der Waals surface area contributed by atoms with E-state index < -0.39 is 0 Å². The van der Waals surface area contributed by atoms with Gasteiger partial charge in [-0.15, -0.1) is 0 Å². The number of nitrogens with zero attached hydrogens (tertiary/aromatic N) is 3. The van der Waals surface area contributed by atoms with Crippen LogP contribution in [0.25, 0.3) is 21.8 Å². The molecule has 0 atom stereocenters. The minimum Gasteiger partial charge on any atom is -0.346 e. The summed E-state index contributed by atoms with van der Waals surface area (Å²) in [7, 11) is 0. The molecule has 5 aromatic rings. The summed E-state index contributed by atoms with van der Waals surface area (Å²) in [6, 6.07) is 25.9. The zero-order chi connectivity index (χ0) is 21.0. The zero-order valence-electron chi connectivity index (χ0n) is 16.9. The van der Waals surface area contributed by atoms with Crippen LogP contribution in [0.4, 0.5) is 0 Å². The Hall–Kier alpha value is -4.12. The van der Waals surface area contributed by atoms with Gasteiger partial charge in [0.15, 0.2) is 18.9 Å². The molecule has 0 saturated heterocycles. The van der Waals surface area contributed by atoms with Crippen LogP contribution in [-0.4, -0.2) is 15.9 Å². The molecule has 0 spiro atoms. The lowest BCUT2D eigenvalue weighted by Crippen LogP contribution is -2.35. The van der Waals surface area contributed by atoms with Crippen LogP contribution in [-0.2, 0) is 13.1 Å². The van der Waals surface area contributed by atoms with Gasteiger partial charge in [0.25, 0.3) is 5.91 Å². The molecule has 3 heterocycles. The number of hydrogen-bond donors (Lipinski definition) is 1. The maximum atomic E-state index is 12.7. The lowest BCUT2D eigenvalue weighted by molar-refractivity contribution is -0.688. The fraction of sp³-hybridized carbons (Fsp3) is 0.0769. The van der Waals surface area contributed by atoms with E-state index in [1.165, 1.54) is 5.56 Å². The van der Waals surface area contributed by atoms with Gasteiger partial charge in [0.1, 0.15) is 5.56 Å². The smallest absolute Gasteiger partial charge is 0.257 e. The van der Waals surface area contributed by atoms with Crippen LogP contribution in [0.1, 0.15) is 21.6 Å². The third kappa shape index (κ3) is 4.12. The summed E-state index contributed by atoms with van der Waals surface area (Å²) in [5.41, 5.74) is 4.33. The Kier molecular flexibility index (Phi) is 5.07. The van der Waals surface area contributed by atoms with Crippen molar-refractivity contribution in [2.24, 2.45) is 0 Å². The van der Waals surface area contributed by atoms with E-state index in [1.54, 1.807) is 6.20 Å². The van der Waals surface area contributed by atoms with Gasteiger partial charge in [-0.05, 0) is 18.2 Å². The first kappa shape index (κ1) is 18.9. The lowest BCUT2D eigenvalue weighted by Gasteiger charge is -2.07. The molecule has 1 N–H and O–H groups in total. The largest absolute Gasteiger partial charge is 0.346 e. The van der Waals surface area contributed by atoms with E-state index in [9.17, 15) is 4.79 Å². The standard InChI is InChI=1S/C26H20N4O/c31-26(22-9-5-15-30(18-22)17-19-6-2-1-3-7-19)28-16-23-13-12-21-11-10-20-8-4-14-27-24(20)25(21)29-23/h1-15,18H,16-17H2/p+1. The maximum Gasteiger partial charge on any atom is 0.257 e. The van der Waals surface area contributed by atoms with Gasteiger partial charge in [-0.1, -0.05) is 54.6 Å². The summed E-state index contributed by atoms with van der Waals surface area (Å²) >= 11 is 0. The van der Waals surface area contributed by atoms with E-state index in [-0.39, 0.29) is 5.91 Å². The highest BCUT2D eigenvalue weighted by molar-refractivity contribution is 6.02. The summed E-state index contributed by atoms with van der Waals surface area (Å²) in [6.07, 6.45) is 5.61. The summed E-state index contributed by atoms with van der Waals surface area (Å²) in [4.78, 5) is 22.0. The van der Waals surface area contributed by atoms with E-state index in [1.807, 2.05) is 83.7 Å². The van der Waals surface area contributed by atoms with Crippen LogP contribution in [0.3, 0.4) is 0 Å². The Bertz CT molecular complexity index is 1380. The first-order valence-corrected chi connectivity index (χ1v) is 10.2. The Morgan fingerprint density at radius 3 is 2.52 bits per heavy atom. The second-order valence-electron chi connectivity index (χ2n) is 7.45. The zero-order valence-corrected chi connectivity index (χ0v) is 16.9. The minimum atomic E-state index is -0.125. The topological polar surface area (TPSA) is 58.8 Å². The van der Waals surface area contributed by atoms with Crippen LogP contribution in [0, 0.1) is 0 Å². The Balaban J connectivity index is 1.33. The second-order valence-corrected chi connectivity index (χ2v) is 7.45. The molecule has 150 valence electrons. The van der Waals surface area contributed by atoms with Crippen molar-refractivity contribution in [2.75, 3.05) is 0 Å². The number of nitrogens with one attached hydrogen (secondary N) is 1. The van der Waals surface area contributed by atoms with E-state index in [4.69, 9.17) is 4.98 Å². The Morgan fingerprint density at radius 2 is 1.65 bits per heavy atom. The third-order valence-electron chi connectivity index (χ3n) is 5.25. The van der Waals surface area contributed by atoms with Gasteiger partial charge in [0.2, 0.25) is 0 Å². The predicted octanol–water partition coefficient (Wildman–Crippen LogP) is 4.05. The molecule has 3 aromatic heterocycles. The van der Waals surface area contributed by atoms with E-state index in [0.717, 1.165) is 27.5 Å². The summed E-state index contributed by atoms with van der Waals surface area (Å²) in [5, 5.41) is 5.07. The predicted molar refractivity (Wildman–Crippen MR) is 120 cm³/mol. The number of pyridine rings is 3. The van der Waals surface area contributed by atoms with Crippen molar-refractivity contribution < 1.29 is 9.36 Å². The van der Waals surface area contributed by atoms with Gasteiger partial charge >= 0.3 is 0 Å². The normalized spacial score (nSPS) is 11.0. The van der Waals surface area contributed by atoms with Crippen molar-refractivity contribution in [3.63, 3.8) is 0 Å². The van der Waals surface area contributed by atoms with Crippen LogP contribution in [0.5, 0.6) is 0 Å². The number of carbonyl (C=O) groups excluding carboxylic acids is 1. The van der Waals surface area contributed by atoms with Gasteiger partial charge in [0, 0.05) is 28.6 Å². The monoisotopic (exact) mass is 405 g/mol. The van der Waals surface area contributed by atoms with Crippen molar-refractivity contribution in [3.8, 4) is 0 Å². The SMILES string of the molecule is O=C(NCc1ccc2ccc3cccnc3c2n1)c1ccc[n+](Cc2ccccc2)c1. The average molecular weight is 405 g/mol. The highest BCUT2D eigenvalue weighted by Crippen LogP contribution is 2.22. The number of amides is 1. The number of hydrogen-bond acceptors (Lipinski definition) is 3. The van der Waals surface area contributed by atoms with E-state index >= 15 is 0 Å². The highest BCUT2D eigenvalue weighted by atomic mass is 16.1. The Morgan fingerprint density at radius 1 is 0.839 bits per heavy atom. The number of aromatic nitrogens is 3. The minimum absolute atomic E-state index is 0.125. The van der Waals surface area contributed by atoms with Gasteiger partial charge in [0.05, 0.1) is 23.3 Å². The van der Waals surface area contributed by atoms with Gasteiger partial charge < -0.3 is 5.32 Å². The van der Waals surface area contributed by atoms with Gasteiger partial charge in [-0.3, -0.25) is 9.78 Å². The molecular weight excluding hydrogens is 384 g/mol. The van der Waals surface area contributed by atoms with E-state index in [2.05, 4.69) is 22.4 Å². The summed E-state index contributed by atoms with van der Waals surface area (Å²) in [5.74, 6) is -0.125. The Labute approximate surface area is 180 Å². The molecule has 0 bridgehead atoms. The first-order valence-electron chi connectivity index (χ1n) is 10.2. The number of benzene rings is 2. The molecule has 2 aromatic carbocycles. The van der Waals surface area contributed by atoms with Crippen molar-refractivity contribution >= 4 is 27.7 Å². The summed E-state index contributed by atoms with van der Waals surface area (Å²) in [6.45, 7) is 1.07. The van der Waals surface area contributed by atoms with Crippen molar-refractivity contribution in [1.82, 2.24) is 15.3 Å². The van der Waals surface area contributed by atoms with Crippen molar-refractivity contribution in [1.29, 1.82) is 0 Å². The molecule has 5 rings (SSSR count). The second kappa shape index (κ2) is 8.32. The highest BCUT2D eigenvalue weighted by Gasteiger charge is 2.12. The average Bonchev–Trinajstić information content (AvgIpc) is 2.83. The van der Waals surface area contributed by atoms with Gasteiger partial charge in [-0.25, -0.2) is 4.98 Å². The molecule has 0 aliphatic rings. The van der Waals surface area contributed by atoms with Crippen LogP contribution in [0.15, 0.2) is 97.5 Å². The third-order valence-corrected chi connectivity index (χ3v) is 5.25. The number of rotatable bonds is 5. The quantitative estimate of drug-likeness (QED) is 0.355. The molecule has 0 saturated carbocycles. The molecule has 1 amide bonds. The van der Waals surface area contributed by atoms with Crippen LogP contribution in [0.2, 0.25) is 0 Å². The summed E-state index contributed by atoms with van der Waals surface area (Å²) < 4.78 is 2.01. The van der Waals surface area contributed by atoms with Crippen molar-refractivity contribution in [3.05, 3.63) is 114 Å². The molecule has 5 nitrogen and oxygen atoms in total. The van der Waals surface area contributed by atoms with Gasteiger partial charge in [-0.2, -0.15) is 4.57 Å². The molecule has 0 aliphatic heterocycles. The van der Waals surface area contributed by atoms with Crippen LogP contribution >= 0.6 is 0 Å². The fourth-order valence-corrected chi connectivity index (χ4v) is 3.68.